The Bertz CT molecular complexity index is 937. The third-order valence-electron chi connectivity index (χ3n) is 4.90. The summed E-state index contributed by atoms with van der Waals surface area (Å²) >= 11 is 0. The van der Waals surface area contributed by atoms with E-state index >= 15 is 0 Å². The van der Waals surface area contributed by atoms with Crippen LogP contribution in [0.5, 0.6) is 0 Å². The highest BCUT2D eigenvalue weighted by molar-refractivity contribution is 5.93. The third-order valence-corrected chi connectivity index (χ3v) is 4.90. The van der Waals surface area contributed by atoms with Crippen molar-refractivity contribution in [1.29, 1.82) is 0 Å². The van der Waals surface area contributed by atoms with Gasteiger partial charge >= 0.3 is 5.97 Å². The number of esters is 1. The maximum Gasteiger partial charge on any atom is 0.357 e. The number of aromatic nitrogens is 3. The fraction of sp³-hybridized carbons (Fsp3) is 0.474. The topological polar surface area (TPSA) is 61.0 Å². The van der Waals surface area contributed by atoms with Crippen molar-refractivity contribution in [3.05, 3.63) is 35.7 Å². The maximum atomic E-state index is 12.5. The molecule has 0 radical (unpaired) electrons. The van der Waals surface area contributed by atoms with Crippen LogP contribution in [0.1, 0.15) is 23.1 Å². The number of ether oxygens (including phenoxy) is 2. The molecule has 1 aliphatic rings. The van der Waals surface area contributed by atoms with Crippen molar-refractivity contribution >= 4 is 22.8 Å². The summed E-state index contributed by atoms with van der Waals surface area (Å²) in [6.07, 6.45) is 0. The number of imidazole rings is 2. The van der Waals surface area contributed by atoms with Crippen LogP contribution >= 0.6 is 0 Å². The summed E-state index contributed by atoms with van der Waals surface area (Å²) in [5.41, 5.74) is 3.27. The van der Waals surface area contributed by atoms with Crippen molar-refractivity contribution in [1.82, 2.24) is 18.9 Å². The molecule has 0 amide bonds. The molecule has 138 valence electrons. The molecular weight excluding hydrogens is 332 g/mol. The first-order valence-corrected chi connectivity index (χ1v) is 9.14. The Kier molecular flexibility index (Phi) is 4.65. The molecule has 0 bridgehead atoms. The molecule has 1 fully saturated rings. The Morgan fingerprint density at radius 2 is 1.92 bits per heavy atom. The minimum absolute atomic E-state index is 0.325. The molecule has 0 saturated carbocycles. The van der Waals surface area contributed by atoms with E-state index in [1.165, 1.54) is 0 Å². The molecule has 4 rings (SSSR count). The molecular formula is C19H24N4O3. The van der Waals surface area contributed by atoms with Gasteiger partial charge in [0.25, 0.3) is 0 Å². The molecule has 3 aromatic rings. The van der Waals surface area contributed by atoms with Gasteiger partial charge < -0.3 is 14.0 Å². The van der Waals surface area contributed by atoms with Crippen molar-refractivity contribution in [3.8, 4) is 0 Å². The summed E-state index contributed by atoms with van der Waals surface area (Å²) in [7, 11) is 0. The standard InChI is InChI=1S/C19H24N4O3/c1-3-26-18(24)17-14(2)20-19-22(9-8-21-10-12-25-13-11-21)15-6-4-5-7-16(15)23(17)19/h4-7H,3,8-13H2,1-2H3. The molecule has 0 spiro atoms. The number of benzene rings is 1. The summed E-state index contributed by atoms with van der Waals surface area (Å²) in [5.74, 6) is 0.466. The van der Waals surface area contributed by atoms with Gasteiger partial charge in [0, 0.05) is 26.2 Å². The minimum Gasteiger partial charge on any atom is -0.461 e. The molecule has 0 atom stereocenters. The lowest BCUT2D eigenvalue weighted by atomic mass is 10.3. The van der Waals surface area contributed by atoms with Crippen molar-refractivity contribution in [2.45, 2.75) is 20.4 Å². The van der Waals surface area contributed by atoms with Crippen LogP contribution in [-0.4, -0.2) is 64.3 Å². The first-order chi connectivity index (χ1) is 12.7. The van der Waals surface area contributed by atoms with Gasteiger partial charge in [-0.1, -0.05) is 12.1 Å². The molecule has 3 heterocycles. The quantitative estimate of drug-likeness (QED) is 0.655. The number of morpholine rings is 1. The van der Waals surface area contributed by atoms with Gasteiger partial charge in [0.1, 0.15) is 0 Å². The minimum atomic E-state index is -0.325. The van der Waals surface area contributed by atoms with Crippen LogP contribution in [0.15, 0.2) is 24.3 Å². The highest BCUT2D eigenvalue weighted by Crippen LogP contribution is 2.25. The van der Waals surface area contributed by atoms with Crippen LogP contribution in [0.25, 0.3) is 16.8 Å². The van der Waals surface area contributed by atoms with Crippen LogP contribution in [0.4, 0.5) is 0 Å². The van der Waals surface area contributed by atoms with E-state index in [0.717, 1.165) is 56.2 Å². The Morgan fingerprint density at radius 3 is 2.65 bits per heavy atom. The first kappa shape index (κ1) is 17.1. The Labute approximate surface area is 152 Å². The van der Waals surface area contributed by atoms with E-state index in [1.807, 2.05) is 36.4 Å². The highest BCUT2D eigenvalue weighted by Gasteiger charge is 2.23. The molecule has 7 heteroatoms. The SMILES string of the molecule is CCOC(=O)c1c(C)nc2n(CCN3CCOCC3)c3ccccc3n12. The summed E-state index contributed by atoms with van der Waals surface area (Å²) in [6, 6.07) is 8.10. The average Bonchev–Trinajstić information content (AvgIpc) is 3.14. The van der Waals surface area contributed by atoms with E-state index in [1.54, 1.807) is 0 Å². The number of aryl methyl sites for hydroxylation is 1. The van der Waals surface area contributed by atoms with Gasteiger partial charge in [-0.25, -0.2) is 9.78 Å². The molecule has 26 heavy (non-hydrogen) atoms. The second-order valence-corrected chi connectivity index (χ2v) is 6.50. The maximum absolute atomic E-state index is 12.5. The summed E-state index contributed by atoms with van der Waals surface area (Å²) in [4.78, 5) is 19.6. The van der Waals surface area contributed by atoms with Crippen LogP contribution in [0.2, 0.25) is 0 Å². The number of hydrogen-bond donors (Lipinski definition) is 0. The van der Waals surface area contributed by atoms with E-state index in [4.69, 9.17) is 14.5 Å². The predicted molar refractivity (Wildman–Crippen MR) is 98.6 cm³/mol. The van der Waals surface area contributed by atoms with Crippen molar-refractivity contribution in [2.24, 2.45) is 0 Å². The monoisotopic (exact) mass is 356 g/mol. The molecule has 1 saturated heterocycles. The molecule has 7 nitrogen and oxygen atoms in total. The van der Waals surface area contributed by atoms with Gasteiger partial charge in [-0.2, -0.15) is 0 Å². The lowest BCUT2D eigenvalue weighted by molar-refractivity contribution is 0.0366. The zero-order valence-electron chi connectivity index (χ0n) is 15.3. The van der Waals surface area contributed by atoms with E-state index < -0.39 is 0 Å². The van der Waals surface area contributed by atoms with Crippen molar-refractivity contribution in [3.63, 3.8) is 0 Å². The normalized spacial score (nSPS) is 15.8. The molecule has 0 unspecified atom stereocenters. The van der Waals surface area contributed by atoms with Crippen LogP contribution < -0.4 is 0 Å². The summed E-state index contributed by atoms with van der Waals surface area (Å²) in [6.45, 7) is 9.26. The number of fused-ring (bicyclic) bond motifs is 3. The fourth-order valence-corrected chi connectivity index (χ4v) is 3.64. The Hall–Kier alpha value is -2.38. The number of para-hydroxylation sites is 2. The number of rotatable bonds is 5. The number of nitrogens with zero attached hydrogens (tertiary/aromatic N) is 4. The first-order valence-electron chi connectivity index (χ1n) is 9.14. The van der Waals surface area contributed by atoms with Crippen LogP contribution in [0, 0.1) is 6.92 Å². The lowest BCUT2D eigenvalue weighted by Crippen LogP contribution is -2.38. The lowest BCUT2D eigenvalue weighted by Gasteiger charge is -2.26. The average molecular weight is 356 g/mol. The molecule has 1 aliphatic heterocycles. The Morgan fingerprint density at radius 1 is 1.19 bits per heavy atom. The second kappa shape index (κ2) is 7.09. The van der Waals surface area contributed by atoms with E-state index in [0.29, 0.717) is 18.0 Å². The number of hydrogen-bond acceptors (Lipinski definition) is 5. The zero-order valence-corrected chi connectivity index (χ0v) is 15.3. The molecule has 0 aliphatic carbocycles. The van der Waals surface area contributed by atoms with Gasteiger partial charge in [0.2, 0.25) is 5.78 Å². The Balaban J connectivity index is 1.78. The van der Waals surface area contributed by atoms with Gasteiger partial charge in [0.15, 0.2) is 5.69 Å². The third kappa shape index (κ3) is 2.87. The molecule has 2 aromatic heterocycles. The van der Waals surface area contributed by atoms with Gasteiger partial charge in [0.05, 0.1) is 36.5 Å². The van der Waals surface area contributed by atoms with E-state index in [9.17, 15) is 4.79 Å². The predicted octanol–water partition coefficient (Wildman–Crippen LogP) is 2.11. The summed E-state index contributed by atoms with van der Waals surface area (Å²) in [5, 5.41) is 0. The summed E-state index contributed by atoms with van der Waals surface area (Å²) < 4.78 is 14.8. The van der Waals surface area contributed by atoms with Crippen molar-refractivity contribution < 1.29 is 14.3 Å². The molecule has 1 aromatic carbocycles. The van der Waals surface area contributed by atoms with Crippen LogP contribution in [0.3, 0.4) is 0 Å². The molecule has 0 N–H and O–H groups in total. The van der Waals surface area contributed by atoms with Gasteiger partial charge in [-0.3, -0.25) is 9.30 Å². The van der Waals surface area contributed by atoms with E-state index in [-0.39, 0.29) is 5.97 Å². The zero-order chi connectivity index (χ0) is 18.1. The van der Waals surface area contributed by atoms with Crippen LogP contribution in [-0.2, 0) is 16.0 Å². The largest absolute Gasteiger partial charge is 0.461 e. The van der Waals surface area contributed by atoms with E-state index in [2.05, 4.69) is 15.5 Å². The second-order valence-electron chi connectivity index (χ2n) is 6.50. The fourth-order valence-electron chi connectivity index (χ4n) is 3.64. The number of carbonyl (C=O) groups is 1. The van der Waals surface area contributed by atoms with Gasteiger partial charge in [-0.15, -0.1) is 0 Å². The highest BCUT2D eigenvalue weighted by atomic mass is 16.5. The number of carbonyl (C=O) groups excluding carboxylic acids is 1. The van der Waals surface area contributed by atoms with Gasteiger partial charge in [-0.05, 0) is 26.0 Å². The van der Waals surface area contributed by atoms with Crippen molar-refractivity contribution in [2.75, 3.05) is 39.5 Å². The smallest absolute Gasteiger partial charge is 0.357 e.